The Balaban J connectivity index is 2.37. The van der Waals surface area contributed by atoms with Crippen LogP contribution in [0.2, 0.25) is 0 Å². The van der Waals surface area contributed by atoms with Gasteiger partial charge in [-0.05, 0) is 23.6 Å². The molecule has 0 bridgehead atoms. The number of hydrogen-bond acceptors (Lipinski definition) is 5. The third-order valence-corrected chi connectivity index (χ3v) is 6.26. The Morgan fingerprint density at radius 1 is 1.00 bits per heavy atom. The Kier molecular flexibility index (Phi) is 5.42. The SMILES string of the molecule is COc1ccsc1S(=O)(=O)Nc1ccc(C(O)(C(F)(F)F)C(F)(F)F)cc1. The molecule has 2 aromatic rings. The number of hydrogen-bond donors (Lipinski definition) is 2. The van der Waals surface area contributed by atoms with Gasteiger partial charge < -0.3 is 9.84 Å². The van der Waals surface area contributed by atoms with Crippen molar-refractivity contribution in [3.8, 4) is 5.75 Å². The highest BCUT2D eigenvalue weighted by Crippen LogP contribution is 2.50. The number of thiophene rings is 1. The number of nitrogens with one attached hydrogen (secondary N) is 1. The van der Waals surface area contributed by atoms with E-state index in [0.29, 0.717) is 24.3 Å². The number of halogens is 6. The Morgan fingerprint density at radius 3 is 1.96 bits per heavy atom. The summed E-state index contributed by atoms with van der Waals surface area (Å²) in [6.45, 7) is 0. The van der Waals surface area contributed by atoms with E-state index in [-0.39, 0.29) is 15.6 Å². The van der Waals surface area contributed by atoms with Crippen molar-refractivity contribution < 1.29 is 44.6 Å². The molecule has 0 fully saturated rings. The van der Waals surface area contributed by atoms with Gasteiger partial charge in [0.15, 0.2) is 4.21 Å². The molecule has 1 heterocycles. The van der Waals surface area contributed by atoms with Gasteiger partial charge in [0.05, 0.1) is 7.11 Å². The molecule has 1 aromatic heterocycles. The van der Waals surface area contributed by atoms with E-state index in [1.54, 1.807) is 0 Å². The highest BCUT2D eigenvalue weighted by Gasteiger charge is 2.71. The summed E-state index contributed by atoms with van der Waals surface area (Å²) in [4.78, 5) is 0. The molecule has 0 radical (unpaired) electrons. The lowest BCUT2D eigenvalue weighted by Crippen LogP contribution is -2.53. The van der Waals surface area contributed by atoms with Crippen LogP contribution >= 0.6 is 11.3 Å². The molecular formula is C14H11F6NO4S2. The predicted molar refractivity (Wildman–Crippen MR) is 84.1 cm³/mol. The molecule has 0 aliphatic carbocycles. The summed E-state index contributed by atoms with van der Waals surface area (Å²) in [6, 6.07) is 3.40. The molecule has 0 aliphatic rings. The third kappa shape index (κ3) is 3.84. The molecule has 2 N–H and O–H groups in total. The third-order valence-electron chi connectivity index (χ3n) is 3.44. The van der Waals surface area contributed by atoms with Crippen LogP contribution in [-0.4, -0.2) is 33.0 Å². The van der Waals surface area contributed by atoms with Gasteiger partial charge in [0.1, 0.15) is 5.75 Å². The first-order valence-corrected chi connectivity index (χ1v) is 9.21. The van der Waals surface area contributed by atoms with Crippen LogP contribution in [0.3, 0.4) is 0 Å². The Morgan fingerprint density at radius 2 is 1.52 bits per heavy atom. The zero-order valence-electron chi connectivity index (χ0n) is 13.2. The van der Waals surface area contributed by atoms with Crippen molar-refractivity contribution in [1.82, 2.24) is 0 Å². The van der Waals surface area contributed by atoms with Crippen LogP contribution in [0, 0.1) is 0 Å². The fourth-order valence-electron chi connectivity index (χ4n) is 2.10. The first kappa shape index (κ1) is 21.3. The summed E-state index contributed by atoms with van der Waals surface area (Å²) < 4.78 is 108. The molecule has 0 atom stereocenters. The molecular weight excluding hydrogens is 424 g/mol. The quantitative estimate of drug-likeness (QED) is 0.700. The lowest BCUT2D eigenvalue weighted by atomic mass is 9.92. The standard InChI is InChI=1S/C14H11F6NO4S2/c1-25-10-6-7-26-11(10)27(23,24)21-9-4-2-8(3-5-9)12(22,13(15,16)17)14(18,19)20/h2-7,21-22H,1H3. The molecule has 0 amide bonds. The smallest absolute Gasteiger partial charge is 0.430 e. The number of aliphatic hydroxyl groups is 1. The van der Waals surface area contributed by atoms with Crippen LogP contribution in [-0.2, 0) is 15.6 Å². The topological polar surface area (TPSA) is 75.6 Å². The number of ether oxygens (including phenoxy) is 1. The largest absolute Gasteiger partial charge is 0.494 e. The average Bonchev–Trinajstić information content (AvgIpc) is 3.02. The van der Waals surface area contributed by atoms with E-state index in [9.17, 15) is 39.9 Å². The first-order valence-electron chi connectivity index (χ1n) is 6.84. The minimum absolute atomic E-state index is 0.0210. The van der Waals surface area contributed by atoms with E-state index in [1.165, 1.54) is 18.6 Å². The van der Waals surface area contributed by atoms with E-state index in [0.717, 1.165) is 11.3 Å². The molecule has 0 saturated carbocycles. The summed E-state index contributed by atoms with van der Waals surface area (Å²) >= 11 is 0.801. The average molecular weight is 435 g/mol. The van der Waals surface area contributed by atoms with Gasteiger partial charge in [-0.25, -0.2) is 8.42 Å². The maximum Gasteiger partial charge on any atom is 0.430 e. The fourth-order valence-corrected chi connectivity index (χ4v) is 4.44. The maximum atomic E-state index is 12.8. The molecule has 1 aromatic carbocycles. The summed E-state index contributed by atoms with van der Waals surface area (Å²) in [7, 11) is -2.95. The summed E-state index contributed by atoms with van der Waals surface area (Å²) in [5, 5.41) is 10.7. The van der Waals surface area contributed by atoms with E-state index in [4.69, 9.17) is 4.74 Å². The minimum atomic E-state index is -6.03. The van der Waals surface area contributed by atoms with Crippen molar-refractivity contribution >= 4 is 27.0 Å². The zero-order chi connectivity index (χ0) is 20.7. The normalized spacial score (nSPS) is 13.5. The minimum Gasteiger partial charge on any atom is -0.494 e. The molecule has 27 heavy (non-hydrogen) atoms. The van der Waals surface area contributed by atoms with Crippen LogP contribution in [0.4, 0.5) is 32.0 Å². The van der Waals surface area contributed by atoms with Crippen LogP contribution in [0.5, 0.6) is 5.75 Å². The molecule has 0 spiro atoms. The van der Waals surface area contributed by atoms with E-state index in [1.807, 2.05) is 4.72 Å². The van der Waals surface area contributed by atoms with Gasteiger partial charge in [-0.1, -0.05) is 12.1 Å². The predicted octanol–water partition coefficient (Wildman–Crippen LogP) is 3.87. The van der Waals surface area contributed by atoms with Gasteiger partial charge in [-0.2, -0.15) is 26.3 Å². The Hall–Kier alpha value is -1.99. The molecule has 2 rings (SSSR count). The maximum absolute atomic E-state index is 12.8. The lowest BCUT2D eigenvalue weighted by Gasteiger charge is -2.32. The Labute approximate surface area is 153 Å². The monoisotopic (exact) mass is 435 g/mol. The van der Waals surface area contributed by atoms with Gasteiger partial charge in [0.25, 0.3) is 15.6 Å². The zero-order valence-corrected chi connectivity index (χ0v) is 14.9. The van der Waals surface area contributed by atoms with Gasteiger partial charge >= 0.3 is 12.4 Å². The van der Waals surface area contributed by atoms with Gasteiger partial charge in [0, 0.05) is 11.3 Å². The number of anilines is 1. The number of sulfonamides is 1. The van der Waals surface area contributed by atoms with Crippen LogP contribution in [0.25, 0.3) is 0 Å². The lowest BCUT2D eigenvalue weighted by molar-refractivity contribution is -0.376. The van der Waals surface area contributed by atoms with Crippen LogP contribution in [0.1, 0.15) is 5.56 Å². The highest BCUT2D eigenvalue weighted by molar-refractivity contribution is 7.94. The van der Waals surface area contributed by atoms with Crippen LogP contribution in [0.15, 0.2) is 39.9 Å². The second-order valence-corrected chi connectivity index (χ2v) is 7.96. The molecule has 0 saturated heterocycles. The number of methoxy groups -OCH3 is 1. The second kappa shape index (κ2) is 6.87. The second-order valence-electron chi connectivity index (χ2n) is 5.17. The van der Waals surface area contributed by atoms with Crippen molar-refractivity contribution in [2.75, 3.05) is 11.8 Å². The molecule has 150 valence electrons. The highest BCUT2D eigenvalue weighted by atomic mass is 32.2. The van der Waals surface area contributed by atoms with Crippen molar-refractivity contribution in [3.63, 3.8) is 0 Å². The summed E-state index contributed by atoms with van der Waals surface area (Å²) in [6.07, 6.45) is -12.1. The molecule has 5 nitrogen and oxygen atoms in total. The summed E-state index contributed by atoms with van der Waals surface area (Å²) in [5.41, 5.74) is -6.89. The van der Waals surface area contributed by atoms with Crippen molar-refractivity contribution in [2.24, 2.45) is 0 Å². The number of rotatable bonds is 5. The first-order chi connectivity index (χ1) is 12.2. The molecule has 0 aliphatic heterocycles. The van der Waals surface area contributed by atoms with Gasteiger partial charge in [-0.15, -0.1) is 11.3 Å². The molecule has 13 heteroatoms. The van der Waals surface area contributed by atoms with Gasteiger partial charge in [-0.3, -0.25) is 4.72 Å². The van der Waals surface area contributed by atoms with Gasteiger partial charge in [0.2, 0.25) is 0 Å². The van der Waals surface area contributed by atoms with Crippen molar-refractivity contribution in [3.05, 3.63) is 41.3 Å². The summed E-state index contributed by atoms with van der Waals surface area (Å²) in [5.74, 6) is 0.0210. The van der Waals surface area contributed by atoms with Crippen LogP contribution < -0.4 is 9.46 Å². The van der Waals surface area contributed by atoms with Crippen molar-refractivity contribution in [2.45, 2.75) is 22.2 Å². The molecule has 0 unspecified atom stereocenters. The van der Waals surface area contributed by atoms with E-state index >= 15 is 0 Å². The number of alkyl halides is 6. The number of benzene rings is 1. The fraction of sp³-hybridized carbons (Fsp3) is 0.286. The van der Waals surface area contributed by atoms with E-state index in [2.05, 4.69) is 0 Å². The van der Waals surface area contributed by atoms with E-state index < -0.39 is 33.5 Å². The Bertz CT molecular complexity index is 889. The van der Waals surface area contributed by atoms with Crippen molar-refractivity contribution in [1.29, 1.82) is 0 Å².